The minimum atomic E-state index is -0.807. The van der Waals surface area contributed by atoms with Gasteiger partial charge in [-0.15, -0.1) is 0 Å². The zero-order valence-electron chi connectivity index (χ0n) is 9.81. The lowest BCUT2D eigenvalue weighted by Crippen LogP contribution is -2.48. The molecule has 0 aromatic rings. The molecule has 14 heavy (non-hydrogen) atoms. The lowest BCUT2D eigenvalue weighted by atomic mass is 9.91. The van der Waals surface area contributed by atoms with Crippen LogP contribution in [0, 0.1) is 5.92 Å². The van der Waals surface area contributed by atoms with Crippen LogP contribution in [0.2, 0.25) is 6.04 Å². The molecule has 0 saturated heterocycles. The van der Waals surface area contributed by atoms with Gasteiger partial charge in [-0.05, 0) is 25.1 Å². The van der Waals surface area contributed by atoms with Crippen molar-refractivity contribution < 1.29 is 0 Å². The van der Waals surface area contributed by atoms with Gasteiger partial charge in [0.2, 0.25) is 0 Å². The molecule has 84 valence electrons. The molecule has 1 saturated carbocycles. The van der Waals surface area contributed by atoms with E-state index in [0.29, 0.717) is 0 Å². The van der Waals surface area contributed by atoms with Gasteiger partial charge in [-0.3, -0.25) is 0 Å². The zero-order chi connectivity index (χ0) is 10.2. The molecule has 2 N–H and O–H groups in total. The molecule has 0 heterocycles. The minimum absolute atomic E-state index is 0.807. The lowest BCUT2D eigenvalue weighted by molar-refractivity contribution is 0.381. The van der Waals surface area contributed by atoms with Crippen molar-refractivity contribution in [2.24, 2.45) is 5.92 Å². The number of rotatable bonds is 6. The van der Waals surface area contributed by atoms with Crippen LogP contribution in [0.4, 0.5) is 0 Å². The molecule has 0 unspecified atom stereocenters. The van der Waals surface area contributed by atoms with Gasteiger partial charge < -0.3 is 9.96 Å². The van der Waals surface area contributed by atoms with Gasteiger partial charge in [-0.1, -0.05) is 46.0 Å². The van der Waals surface area contributed by atoms with Crippen LogP contribution in [0.3, 0.4) is 0 Å². The largest absolute Gasteiger partial charge is 0.328 e. The molecule has 1 aliphatic rings. The van der Waals surface area contributed by atoms with Crippen LogP contribution >= 0.6 is 0 Å². The van der Waals surface area contributed by atoms with Crippen LogP contribution in [0.1, 0.15) is 46.0 Å². The number of nitrogens with one attached hydrogen (secondary N) is 2. The normalized spacial score (nSPS) is 19.1. The highest BCUT2D eigenvalue weighted by molar-refractivity contribution is 6.53. The third-order valence-corrected chi connectivity index (χ3v) is 6.13. The summed E-state index contributed by atoms with van der Waals surface area (Å²) in [5.74, 6) is 1.03. The van der Waals surface area contributed by atoms with Gasteiger partial charge in [0, 0.05) is 0 Å². The molecule has 1 rings (SSSR count). The van der Waals surface area contributed by atoms with E-state index in [9.17, 15) is 0 Å². The highest BCUT2D eigenvalue weighted by Crippen LogP contribution is 2.26. The highest BCUT2D eigenvalue weighted by atomic mass is 28.3. The fourth-order valence-corrected chi connectivity index (χ4v) is 5.09. The molecule has 2 nitrogen and oxygen atoms in total. The van der Waals surface area contributed by atoms with E-state index >= 15 is 0 Å². The summed E-state index contributed by atoms with van der Waals surface area (Å²) in [5, 5.41) is 0. The molecule has 0 atom stereocenters. The van der Waals surface area contributed by atoms with Crippen molar-refractivity contribution in [3.8, 4) is 0 Å². The van der Waals surface area contributed by atoms with Gasteiger partial charge in [0.05, 0.1) is 0 Å². The van der Waals surface area contributed by atoms with Crippen molar-refractivity contribution in [3.63, 3.8) is 0 Å². The van der Waals surface area contributed by atoms with E-state index in [1.54, 1.807) is 0 Å². The van der Waals surface area contributed by atoms with E-state index < -0.39 is 9.12 Å². The minimum Gasteiger partial charge on any atom is -0.328 e. The fourth-order valence-electron chi connectivity index (χ4n) is 2.49. The summed E-state index contributed by atoms with van der Waals surface area (Å²) >= 11 is 0. The SMILES string of the molecule is CCN[SiH](CC1CCCCC1)NCC. The average Bonchev–Trinajstić information content (AvgIpc) is 2.20. The van der Waals surface area contributed by atoms with Gasteiger partial charge in [-0.2, -0.15) is 0 Å². The Morgan fingerprint density at radius 3 is 2.07 bits per heavy atom. The average molecular weight is 214 g/mol. The van der Waals surface area contributed by atoms with Crippen LogP contribution in [0.15, 0.2) is 0 Å². The van der Waals surface area contributed by atoms with Crippen molar-refractivity contribution in [2.45, 2.75) is 52.0 Å². The molecule has 0 amide bonds. The predicted molar refractivity (Wildman–Crippen MR) is 65.9 cm³/mol. The van der Waals surface area contributed by atoms with E-state index in [1.165, 1.54) is 38.1 Å². The first-order valence-corrected chi connectivity index (χ1v) is 8.30. The van der Waals surface area contributed by atoms with E-state index in [1.807, 2.05) is 0 Å². The number of hydrogen-bond acceptors (Lipinski definition) is 2. The summed E-state index contributed by atoms with van der Waals surface area (Å²) in [6.45, 7) is 6.71. The van der Waals surface area contributed by atoms with Gasteiger partial charge >= 0.3 is 0 Å². The fraction of sp³-hybridized carbons (Fsp3) is 1.00. The Kier molecular flexibility index (Phi) is 6.48. The van der Waals surface area contributed by atoms with Crippen molar-refractivity contribution in [3.05, 3.63) is 0 Å². The van der Waals surface area contributed by atoms with E-state index in [0.717, 1.165) is 19.0 Å². The maximum absolute atomic E-state index is 3.66. The summed E-state index contributed by atoms with van der Waals surface area (Å²) in [4.78, 5) is 7.32. The Hall–Kier alpha value is 0.137. The molecule has 0 aromatic heterocycles. The first kappa shape index (κ1) is 12.2. The van der Waals surface area contributed by atoms with E-state index in [-0.39, 0.29) is 0 Å². The zero-order valence-corrected chi connectivity index (χ0v) is 11.0. The van der Waals surface area contributed by atoms with E-state index in [4.69, 9.17) is 0 Å². The summed E-state index contributed by atoms with van der Waals surface area (Å²) in [6.07, 6.45) is 7.40. The summed E-state index contributed by atoms with van der Waals surface area (Å²) in [5.41, 5.74) is 0. The molecular weight excluding hydrogens is 188 g/mol. The lowest BCUT2D eigenvalue weighted by Gasteiger charge is -2.26. The Balaban J connectivity index is 2.21. The second kappa shape index (κ2) is 7.43. The topological polar surface area (TPSA) is 24.1 Å². The standard InChI is InChI=1S/C11H26N2Si/c1-3-12-14(13-4-2)10-11-8-6-5-7-9-11/h11-14H,3-10H2,1-2H3. The van der Waals surface area contributed by atoms with Crippen LogP contribution in [-0.4, -0.2) is 22.2 Å². The molecule has 0 radical (unpaired) electrons. The van der Waals surface area contributed by atoms with Crippen molar-refractivity contribution in [2.75, 3.05) is 13.1 Å². The second-order valence-electron chi connectivity index (χ2n) is 4.41. The summed E-state index contributed by atoms with van der Waals surface area (Å²) < 4.78 is 0. The predicted octanol–water partition coefficient (Wildman–Crippen LogP) is 2.01. The first-order valence-electron chi connectivity index (χ1n) is 6.33. The molecular formula is C11H26N2Si. The number of hydrogen-bond donors (Lipinski definition) is 2. The Morgan fingerprint density at radius 2 is 1.57 bits per heavy atom. The maximum atomic E-state index is 3.66. The molecule has 1 fully saturated rings. The van der Waals surface area contributed by atoms with Crippen LogP contribution in [-0.2, 0) is 0 Å². The summed E-state index contributed by atoms with van der Waals surface area (Å²) in [7, 11) is -0.807. The monoisotopic (exact) mass is 214 g/mol. The van der Waals surface area contributed by atoms with E-state index in [2.05, 4.69) is 23.8 Å². The van der Waals surface area contributed by atoms with Crippen molar-refractivity contribution in [1.82, 2.24) is 9.96 Å². The first-order chi connectivity index (χ1) is 6.86. The molecule has 1 aliphatic carbocycles. The smallest absolute Gasteiger partial charge is 0.184 e. The maximum Gasteiger partial charge on any atom is 0.184 e. The third kappa shape index (κ3) is 4.58. The van der Waals surface area contributed by atoms with Crippen LogP contribution in [0.5, 0.6) is 0 Å². The Labute approximate surface area is 90.6 Å². The molecule has 0 aromatic carbocycles. The molecule has 0 spiro atoms. The van der Waals surface area contributed by atoms with Crippen molar-refractivity contribution >= 4 is 9.12 Å². The quantitative estimate of drug-likeness (QED) is 0.661. The van der Waals surface area contributed by atoms with Crippen LogP contribution in [0.25, 0.3) is 0 Å². The molecule has 0 aliphatic heterocycles. The van der Waals surface area contributed by atoms with Gasteiger partial charge in [-0.25, -0.2) is 0 Å². The highest BCUT2D eigenvalue weighted by Gasteiger charge is 2.18. The van der Waals surface area contributed by atoms with Gasteiger partial charge in [0.1, 0.15) is 0 Å². The Morgan fingerprint density at radius 1 is 1.00 bits per heavy atom. The summed E-state index contributed by atoms with van der Waals surface area (Å²) in [6, 6.07) is 1.46. The van der Waals surface area contributed by atoms with Gasteiger partial charge in [0.25, 0.3) is 0 Å². The molecule has 3 heteroatoms. The second-order valence-corrected chi connectivity index (χ2v) is 6.80. The molecule has 0 bridgehead atoms. The Bertz CT molecular complexity index is 129. The van der Waals surface area contributed by atoms with Crippen molar-refractivity contribution in [1.29, 1.82) is 0 Å². The van der Waals surface area contributed by atoms with Gasteiger partial charge in [0.15, 0.2) is 9.12 Å². The van der Waals surface area contributed by atoms with Crippen LogP contribution < -0.4 is 9.96 Å². The third-order valence-electron chi connectivity index (χ3n) is 3.19.